The highest BCUT2D eigenvalue weighted by Crippen LogP contribution is 2.22. The minimum absolute atomic E-state index is 1.26. The summed E-state index contributed by atoms with van der Waals surface area (Å²) in [6.45, 7) is 8.73. The summed E-state index contributed by atoms with van der Waals surface area (Å²) in [6.07, 6.45) is 0. The van der Waals surface area contributed by atoms with Crippen LogP contribution in [0, 0.1) is 27.7 Å². The minimum Gasteiger partial charge on any atom is -0.418 e. The molecule has 142 valence electrons. The standard InChI is InChI=1S/C21H22N.BF4/c1-15-9-8-10-16(2)21(15)22-17(3)13-20(14-18(22)4)19-11-6-5-7-12-19;2-1(3,4)5/h5-14H,1-4H3;/q+1;-1. The normalized spacial score (nSPS) is 11.0. The van der Waals surface area contributed by atoms with Crippen molar-refractivity contribution in [3.8, 4) is 16.8 Å². The van der Waals surface area contributed by atoms with Crippen LogP contribution in [0.4, 0.5) is 17.3 Å². The van der Waals surface area contributed by atoms with Gasteiger partial charge in [0.2, 0.25) is 5.69 Å². The number of pyridine rings is 1. The van der Waals surface area contributed by atoms with Crippen molar-refractivity contribution < 1.29 is 21.8 Å². The molecule has 0 atom stereocenters. The van der Waals surface area contributed by atoms with Crippen LogP contribution in [0.1, 0.15) is 22.5 Å². The Morgan fingerprint density at radius 1 is 0.630 bits per heavy atom. The van der Waals surface area contributed by atoms with E-state index in [1.165, 1.54) is 39.3 Å². The molecule has 3 aromatic rings. The number of aromatic nitrogens is 1. The number of aryl methyl sites for hydroxylation is 4. The molecule has 0 amide bonds. The molecule has 0 aliphatic rings. The zero-order chi connectivity index (χ0) is 20.2. The first-order valence-corrected chi connectivity index (χ1v) is 8.60. The van der Waals surface area contributed by atoms with Crippen molar-refractivity contribution in [2.24, 2.45) is 0 Å². The van der Waals surface area contributed by atoms with E-state index in [4.69, 9.17) is 0 Å². The zero-order valence-corrected chi connectivity index (χ0v) is 15.8. The molecule has 0 saturated heterocycles. The second kappa shape index (κ2) is 8.38. The summed E-state index contributed by atoms with van der Waals surface area (Å²) in [4.78, 5) is 0. The van der Waals surface area contributed by atoms with Gasteiger partial charge in [0.15, 0.2) is 11.4 Å². The highest BCUT2D eigenvalue weighted by molar-refractivity contribution is 6.50. The van der Waals surface area contributed by atoms with Gasteiger partial charge >= 0.3 is 7.25 Å². The van der Waals surface area contributed by atoms with Gasteiger partial charge in [-0.3, -0.25) is 0 Å². The van der Waals surface area contributed by atoms with Crippen LogP contribution in [0.3, 0.4) is 0 Å². The van der Waals surface area contributed by atoms with Gasteiger partial charge in [0.05, 0.1) is 0 Å². The molecule has 3 rings (SSSR count). The van der Waals surface area contributed by atoms with Crippen LogP contribution in [0.25, 0.3) is 16.8 Å². The lowest BCUT2D eigenvalue weighted by Crippen LogP contribution is -2.39. The average molecular weight is 375 g/mol. The molecule has 1 nitrogen and oxygen atoms in total. The first kappa shape index (κ1) is 20.7. The Morgan fingerprint density at radius 3 is 1.52 bits per heavy atom. The van der Waals surface area contributed by atoms with E-state index in [-0.39, 0.29) is 0 Å². The Balaban J connectivity index is 0.000000465. The van der Waals surface area contributed by atoms with Gasteiger partial charge < -0.3 is 17.3 Å². The van der Waals surface area contributed by atoms with E-state index < -0.39 is 7.25 Å². The summed E-state index contributed by atoms with van der Waals surface area (Å²) in [5.41, 5.74) is 8.98. The second-order valence-electron chi connectivity index (χ2n) is 6.46. The van der Waals surface area contributed by atoms with Gasteiger partial charge in [-0.15, -0.1) is 0 Å². The highest BCUT2D eigenvalue weighted by Gasteiger charge is 2.21. The molecule has 0 bridgehead atoms. The number of benzene rings is 2. The second-order valence-corrected chi connectivity index (χ2v) is 6.46. The van der Waals surface area contributed by atoms with Crippen molar-refractivity contribution in [3.63, 3.8) is 0 Å². The Labute approximate surface area is 157 Å². The SMILES string of the molecule is Cc1cccc(C)c1-[n+]1c(C)cc(-c2ccccc2)cc1C.F[B-](F)(F)F. The van der Waals surface area contributed by atoms with Crippen LogP contribution < -0.4 is 4.57 Å². The molecule has 0 fully saturated rings. The van der Waals surface area contributed by atoms with Gasteiger partial charge in [0.25, 0.3) is 0 Å². The lowest BCUT2D eigenvalue weighted by atomic mass is 10.0. The molecule has 0 aliphatic carbocycles. The van der Waals surface area contributed by atoms with Crippen LogP contribution in [-0.2, 0) is 0 Å². The molecule has 6 heteroatoms. The molecule has 0 unspecified atom stereocenters. The summed E-state index contributed by atoms with van der Waals surface area (Å²) < 4.78 is 41.4. The van der Waals surface area contributed by atoms with Crippen molar-refractivity contribution in [2.45, 2.75) is 27.7 Å². The maximum Gasteiger partial charge on any atom is 0.673 e. The molecular weight excluding hydrogens is 353 g/mol. The molecule has 1 aromatic heterocycles. The van der Waals surface area contributed by atoms with E-state index >= 15 is 0 Å². The van der Waals surface area contributed by atoms with Crippen molar-refractivity contribution in [2.75, 3.05) is 0 Å². The Bertz CT molecular complexity index is 872. The van der Waals surface area contributed by atoms with Gasteiger partial charge in [-0.2, -0.15) is 4.57 Å². The number of nitrogens with zero attached hydrogens (tertiary/aromatic N) is 1. The number of hydrogen-bond donors (Lipinski definition) is 0. The van der Waals surface area contributed by atoms with E-state index in [9.17, 15) is 17.3 Å². The fraction of sp³-hybridized carbons (Fsp3) is 0.190. The van der Waals surface area contributed by atoms with Crippen molar-refractivity contribution >= 4 is 7.25 Å². The summed E-state index contributed by atoms with van der Waals surface area (Å²) in [7, 11) is -6.00. The topological polar surface area (TPSA) is 3.88 Å². The molecular formula is C21H22BF4N. The smallest absolute Gasteiger partial charge is 0.418 e. The van der Waals surface area contributed by atoms with Gasteiger partial charge in [-0.25, -0.2) is 0 Å². The fourth-order valence-corrected chi connectivity index (χ4v) is 3.21. The number of para-hydroxylation sites is 1. The molecule has 0 radical (unpaired) electrons. The van der Waals surface area contributed by atoms with Crippen LogP contribution in [0.2, 0.25) is 0 Å². The van der Waals surface area contributed by atoms with Gasteiger partial charge in [0, 0.05) is 37.1 Å². The van der Waals surface area contributed by atoms with Crippen molar-refractivity contribution in [1.82, 2.24) is 0 Å². The van der Waals surface area contributed by atoms with Crippen LogP contribution in [0.15, 0.2) is 60.7 Å². The Kier molecular flexibility index (Phi) is 6.42. The number of halogens is 4. The van der Waals surface area contributed by atoms with E-state index in [0.29, 0.717) is 0 Å². The molecule has 1 heterocycles. The molecule has 0 saturated carbocycles. The third-order valence-electron chi connectivity index (χ3n) is 4.20. The number of rotatable bonds is 2. The van der Waals surface area contributed by atoms with Gasteiger partial charge in [-0.05, 0) is 25.0 Å². The summed E-state index contributed by atoms with van der Waals surface area (Å²) in [6, 6.07) is 21.6. The van der Waals surface area contributed by atoms with E-state index in [2.05, 4.69) is 92.9 Å². The van der Waals surface area contributed by atoms with E-state index in [1.807, 2.05) is 0 Å². The van der Waals surface area contributed by atoms with E-state index in [0.717, 1.165) is 0 Å². The predicted octanol–water partition coefficient (Wildman–Crippen LogP) is 6.16. The highest BCUT2D eigenvalue weighted by atomic mass is 19.5. The van der Waals surface area contributed by atoms with Gasteiger partial charge in [-0.1, -0.05) is 48.5 Å². The summed E-state index contributed by atoms with van der Waals surface area (Å²) in [5, 5.41) is 0. The maximum atomic E-state index is 9.75. The minimum atomic E-state index is -6.00. The van der Waals surface area contributed by atoms with Crippen LogP contribution in [-0.4, -0.2) is 7.25 Å². The largest absolute Gasteiger partial charge is 0.673 e. The molecule has 0 spiro atoms. The summed E-state index contributed by atoms with van der Waals surface area (Å²) >= 11 is 0. The van der Waals surface area contributed by atoms with E-state index in [1.54, 1.807) is 0 Å². The number of hydrogen-bond acceptors (Lipinski definition) is 0. The predicted molar refractivity (Wildman–Crippen MR) is 103 cm³/mol. The quantitative estimate of drug-likeness (QED) is 0.287. The Hall–Kier alpha value is -2.63. The lowest BCUT2D eigenvalue weighted by Gasteiger charge is -2.11. The third-order valence-corrected chi connectivity index (χ3v) is 4.20. The first-order valence-electron chi connectivity index (χ1n) is 8.60. The zero-order valence-electron chi connectivity index (χ0n) is 15.8. The third kappa shape index (κ3) is 5.68. The molecule has 2 aromatic carbocycles. The van der Waals surface area contributed by atoms with Crippen LogP contribution >= 0.6 is 0 Å². The maximum absolute atomic E-state index is 9.75. The van der Waals surface area contributed by atoms with Crippen LogP contribution in [0.5, 0.6) is 0 Å². The van der Waals surface area contributed by atoms with Crippen molar-refractivity contribution in [1.29, 1.82) is 0 Å². The molecule has 0 N–H and O–H groups in total. The lowest BCUT2D eigenvalue weighted by molar-refractivity contribution is -0.610. The monoisotopic (exact) mass is 375 g/mol. The first-order chi connectivity index (χ1) is 12.6. The molecule has 0 aliphatic heterocycles. The molecule has 27 heavy (non-hydrogen) atoms. The average Bonchev–Trinajstić information content (AvgIpc) is 2.56. The Morgan fingerprint density at radius 2 is 1.07 bits per heavy atom. The summed E-state index contributed by atoms with van der Waals surface area (Å²) in [5.74, 6) is 0. The van der Waals surface area contributed by atoms with Crippen molar-refractivity contribution in [3.05, 3.63) is 83.2 Å². The fourth-order valence-electron chi connectivity index (χ4n) is 3.21. The van der Waals surface area contributed by atoms with Gasteiger partial charge in [0.1, 0.15) is 0 Å².